The molecule has 1 heterocycles. The van der Waals surface area contributed by atoms with Gasteiger partial charge in [-0.2, -0.15) is 4.98 Å². The molecule has 88 valence electrons. The van der Waals surface area contributed by atoms with E-state index < -0.39 is 11.7 Å². The number of anilines is 2. The first-order valence-electron chi connectivity index (χ1n) is 4.73. The molecule has 0 unspecified atom stereocenters. The highest BCUT2D eigenvalue weighted by molar-refractivity contribution is 6.06. The van der Waals surface area contributed by atoms with E-state index in [2.05, 4.69) is 15.5 Å². The molecule has 3 N–H and O–H groups in total. The molecule has 0 fully saturated rings. The minimum Gasteiger partial charge on any atom is -0.396 e. The van der Waals surface area contributed by atoms with Crippen LogP contribution in [0.25, 0.3) is 0 Å². The Morgan fingerprint density at radius 3 is 2.94 bits per heavy atom. The number of halogens is 1. The first-order chi connectivity index (χ1) is 8.08. The summed E-state index contributed by atoms with van der Waals surface area (Å²) < 4.78 is 17.8. The second-order valence-corrected chi connectivity index (χ2v) is 3.30. The van der Waals surface area contributed by atoms with Crippen LogP contribution in [0.4, 0.5) is 16.1 Å². The number of aromatic nitrogens is 2. The second-order valence-electron chi connectivity index (χ2n) is 3.30. The molecular weight excluding hydrogens is 227 g/mol. The van der Waals surface area contributed by atoms with Crippen LogP contribution >= 0.6 is 0 Å². The number of nitrogens with zero attached hydrogens (tertiary/aromatic N) is 2. The van der Waals surface area contributed by atoms with Crippen molar-refractivity contribution in [2.24, 2.45) is 0 Å². The third kappa shape index (κ3) is 2.22. The monoisotopic (exact) mass is 236 g/mol. The molecule has 0 bridgehead atoms. The van der Waals surface area contributed by atoms with Gasteiger partial charge in [0.2, 0.25) is 0 Å². The fourth-order valence-electron chi connectivity index (χ4n) is 1.25. The Kier molecular flexibility index (Phi) is 2.73. The van der Waals surface area contributed by atoms with Crippen LogP contribution in [0.3, 0.4) is 0 Å². The fourth-order valence-corrected chi connectivity index (χ4v) is 1.25. The zero-order chi connectivity index (χ0) is 12.4. The van der Waals surface area contributed by atoms with Gasteiger partial charge in [-0.05, 0) is 19.1 Å². The van der Waals surface area contributed by atoms with Crippen LogP contribution in [0.15, 0.2) is 22.7 Å². The number of carbonyl (C=O) groups is 1. The Bertz CT molecular complexity index is 567. The highest BCUT2D eigenvalue weighted by Crippen LogP contribution is 2.17. The van der Waals surface area contributed by atoms with Crippen molar-refractivity contribution in [1.82, 2.24) is 10.1 Å². The molecule has 2 rings (SSSR count). The van der Waals surface area contributed by atoms with Crippen LogP contribution in [0.1, 0.15) is 16.2 Å². The van der Waals surface area contributed by atoms with Crippen LogP contribution in [0.2, 0.25) is 0 Å². The van der Waals surface area contributed by atoms with Gasteiger partial charge in [-0.1, -0.05) is 11.2 Å². The maximum Gasteiger partial charge on any atom is 0.328 e. The molecule has 0 atom stereocenters. The Labute approximate surface area is 95.6 Å². The number of benzene rings is 1. The maximum absolute atomic E-state index is 13.1. The van der Waals surface area contributed by atoms with Gasteiger partial charge in [-0.3, -0.25) is 10.1 Å². The highest BCUT2D eigenvalue weighted by atomic mass is 19.1. The largest absolute Gasteiger partial charge is 0.396 e. The maximum atomic E-state index is 13.1. The molecule has 1 aromatic heterocycles. The smallest absolute Gasteiger partial charge is 0.328 e. The van der Waals surface area contributed by atoms with Crippen LogP contribution in [-0.2, 0) is 0 Å². The van der Waals surface area contributed by atoms with Crippen LogP contribution in [-0.4, -0.2) is 16.0 Å². The van der Waals surface area contributed by atoms with Gasteiger partial charge in [0.15, 0.2) is 5.82 Å². The molecule has 17 heavy (non-hydrogen) atoms. The number of carbonyl (C=O) groups excluding carboxylic acids is 1. The Morgan fingerprint density at radius 2 is 2.29 bits per heavy atom. The van der Waals surface area contributed by atoms with E-state index in [0.717, 1.165) is 0 Å². The number of rotatable bonds is 2. The van der Waals surface area contributed by atoms with E-state index in [-0.39, 0.29) is 17.3 Å². The Hall–Kier alpha value is -2.44. The quantitative estimate of drug-likeness (QED) is 0.767. The molecule has 1 amide bonds. The predicted octanol–water partition coefficient (Wildman–Crippen LogP) is 1.35. The zero-order valence-electron chi connectivity index (χ0n) is 8.90. The zero-order valence-corrected chi connectivity index (χ0v) is 8.90. The minimum absolute atomic E-state index is 0.0147. The lowest BCUT2D eigenvalue weighted by Crippen LogP contribution is -2.15. The third-order valence-electron chi connectivity index (χ3n) is 2.05. The average Bonchev–Trinajstić information content (AvgIpc) is 2.68. The number of nitrogens with one attached hydrogen (secondary N) is 1. The number of nitrogens with two attached hydrogens (primary N) is 1. The van der Waals surface area contributed by atoms with Crippen LogP contribution < -0.4 is 11.1 Å². The predicted molar refractivity (Wildman–Crippen MR) is 57.8 cm³/mol. The molecule has 6 nitrogen and oxygen atoms in total. The molecular formula is C10H9FN4O2. The second kappa shape index (κ2) is 4.20. The van der Waals surface area contributed by atoms with Crippen molar-refractivity contribution in [3.05, 3.63) is 35.4 Å². The SMILES string of the molecule is Cc1noc(NC(=O)c2cccc(F)c2N)n1. The molecule has 2 aromatic rings. The van der Waals surface area contributed by atoms with Gasteiger partial charge in [-0.25, -0.2) is 4.39 Å². The van der Waals surface area contributed by atoms with Gasteiger partial charge in [-0.15, -0.1) is 0 Å². The van der Waals surface area contributed by atoms with Crippen molar-refractivity contribution >= 4 is 17.6 Å². The number of para-hydroxylation sites is 1. The lowest BCUT2D eigenvalue weighted by atomic mass is 10.1. The average molecular weight is 236 g/mol. The standard InChI is InChI=1S/C10H9FN4O2/c1-5-13-10(17-15-5)14-9(16)6-3-2-4-7(11)8(6)12/h2-4H,12H2,1H3,(H,13,14,15,16). The summed E-state index contributed by atoms with van der Waals surface area (Å²) in [5, 5.41) is 5.82. The lowest BCUT2D eigenvalue weighted by Gasteiger charge is -2.04. The summed E-state index contributed by atoms with van der Waals surface area (Å²) in [6.45, 7) is 1.61. The minimum atomic E-state index is -0.653. The van der Waals surface area contributed by atoms with Gasteiger partial charge in [0, 0.05) is 0 Å². The normalized spacial score (nSPS) is 10.2. The van der Waals surface area contributed by atoms with Crippen LogP contribution in [0, 0.1) is 12.7 Å². The number of hydrogen-bond acceptors (Lipinski definition) is 5. The van der Waals surface area contributed by atoms with Crippen molar-refractivity contribution in [3.8, 4) is 0 Å². The van der Waals surface area contributed by atoms with Crippen molar-refractivity contribution in [2.75, 3.05) is 11.1 Å². The van der Waals surface area contributed by atoms with Crippen molar-refractivity contribution in [2.45, 2.75) is 6.92 Å². The van der Waals surface area contributed by atoms with E-state index in [1.165, 1.54) is 18.2 Å². The van der Waals surface area contributed by atoms with E-state index in [9.17, 15) is 9.18 Å². The number of nitrogen functional groups attached to an aromatic ring is 1. The summed E-state index contributed by atoms with van der Waals surface area (Å²) in [6.07, 6.45) is 0. The first-order valence-corrected chi connectivity index (χ1v) is 4.73. The van der Waals surface area contributed by atoms with E-state index in [0.29, 0.717) is 5.82 Å². The van der Waals surface area contributed by atoms with Crippen molar-refractivity contribution < 1.29 is 13.7 Å². The molecule has 0 saturated carbocycles. The molecule has 0 spiro atoms. The third-order valence-corrected chi connectivity index (χ3v) is 2.05. The number of aryl methyl sites for hydroxylation is 1. The first kappa shape index (κ1) is 11.1. The summed E-state index contributed by atoms with van der Waals surface area (Å²) in [5.74, 6) is -0.877. The van der Waals surface area contributed by atoms with E-state index >= 15 is 0 Å². The van der Waals surface area contributed by atoms with Gasteiger partial charge in [0.25, 0.3) is 5.91 Å². The Balaban J connectivity index is 2.23. The summed E-state index contributed by atoms with van der Waals surface area (Å²) in [4.78, 5) is 15.5. The molecule has 0 aliphatic heterocycles. The molecule has 0 aliphatic rings. The van der Waals surface area contributed by atoms with Crippen molar-refractivity contribution in [3.63, 3.8) is 0 Å². The summed E-state index contributed by atoms with van der Waals surface area (Å²) in [6, 6.07) is 3.90. The van der Waals surface area contributed by atoms with Crippen molar-refractivity contribution in [1.29, 1.82) is 0 Å². The van der Waals surface area contributed by atoms with E-state index in [1.807, 2.05) is 0 Å². The topological polar surface area (TPSA) is 94.0 Å². The number of hydrogen-bond donors (Lipinski definition) is 2. The van der Waals surface area contributed by atoms with Gasteiger partial charge >= 0.3 is 6.01 Å². The Morgan fingerprint density at radius 1 is 1.53 bits per heavy atom. The fraction of sp³-hybridized carbons (Fsp3) is 0.100. The molecule has 7 heteroatoms. The molecule has 0 saturated heterocycles. The summed E-state index contributed by atoms with van der Waals surface area (Å²) >= 11 is 0. The van der Waals surface area contributed by atoms with Gasteiger partial charge in [0.1, 0.15) is 5.82 Å². The van der Waals surface area contributed by atoms with Gasteiger partial charge in [0.05, 0.1) is 11.3 Å². The summed E-state index contributed by atoms with van der Waals surface area (Å²) in [7, 11) is 0. The van der Waals surface area contributed by atoms with E-state index in [1.54, 1.807) is 6.92 Å². The van der Waals surface area contributed by atoms with Gasteiger partial charge < -0.3 is 10.3 Å². The number of amides is 1. The van der Waals surface area contributed by atoms with Crippen LogP contribution in [0.5, 0.6) is 0 Å². The lowest BCUT2D eigenvalue weighted by molar-refractivity contribution is 0.102. The summed E-state index contributed by atoms with van der Waals surface area (Å²) in [5.41, 5.74) is 5.23. The molecule has 0 radical (unpaired) electrons. The highest BCUT2D eigenvalue weighted by Gasteiger charge is 2.15. The molecule has 0 aliphatic carbocycles. The van der Waals surface area contributed by atoms with E-state index in [4.69, 9.17) is 10.3 Å². The molecule has 1 aromatic carbocycles.